The first-order chi connectivity index (χ1) is 10.1. The second-order valence-corrected chi connectivity index (χ2v) is 4.64. The molecular formula is C12H17N3O5S. The number of carbonyl (C=O) groups excluding carboxylic acids is 3. The van der Waals surface area contributed by atoms with Crippen LogP contribution in [0, 0.1) is 0 Å². The Morgan fingerprint density at radius 2 is 2.10 bits per heavy atom. The molecule has 0 radical (unpaired) electrons. The number of hydrogen-bond donors (Lipinski definition) is 2. The Morgan fingerprint density at radius 3 is 2.76 bits per heavy atom. The van der Waals surface area contributed by atoms with Crippen molar-refractivity contribution < 1.29 is 23.9 Å². The van der Waals surface area contributed by atoms with E-state index in [0.717, 1.165) is 11.3 Å². The number of ether oxygens (including phenoxy) is 2. The zero-order chi connectivity index (χ0) is 15.7. The molecule has 1 aromatic rings. The Balaban J connectivity index is 2.42. The van der Waals surface area contributed by atoms with Gasteiger partial charge in [0.05, 0.1) is 19.8 Å². The van der Waals surface area contributed by atoms with Gasteiger partial charge in [0.2, 0.25) is 10.9 Å². The lowest BCUT2D eigenvalue weighted by Gasteiger charge is -2.05. The highest BCUT2D eigenvalue weighted by atomic mass is 32.1. The van der Waals surface area contributed by atoms with E-state index in [1.54, 1.807) is 6.92 Å². The number of nitrogens with one attached hydrogen (secondary N) is 2. The predicted octanol–water partition coefficient (Wildman–Crippen LogP) is -0.188. The molecule has 8 nitrogen and oxygen atoms in total. The van der Waals surface area contributed by atoms with E-state index < -0.39 is 11.9 Å². The summed E-state index contributed by atoms with van der Waals surface area (Å²) in [6.07, 6.45) is 0. The summed E-state index contributed by atoms with van der Waals surface area (Å²) in [5.41, 5.74) is 0.0766. The number of methoxy groups -OCH3 is 1. The maximum atomic E-state index is 11.7. The third-order valence-electron chi connectivity index (χ3n) is 2.22. The molecule has 21 heavy (non-hydrogen) atoms. The average Bonchev–Trinajstić information content (AvgIpc) is 2.95. The van der Waals surface area contributed by atoms with Gasteiger partial charge in [0, 0.05) is 19.0 Å². The standard InChI is InChI=1S/C12H17N3O5S/c1-3-20-12(18)11-15-8(7-21-11)10(17)14-6-9(16)13-4-5-19-2/h7H,3-6H2,1-2H3,(H,13,16)(H,14,17). The smallest absolute Gasteiger partial charge is 0.367 e. The number of amides is 2. The van der Waals surface area contributed by atoms with Crippen molar-refractivity contribution in [2.45, 2.75) is 6.92 Å². The normalized spacial score (nSPS) is 10.0. The molecule has 0 saturated heterocycles. The predicted molar refractivity (Wildman–Crippen MR) is 75.3 cm³/mol. The van der Waals surface area contributed by atoms with Crippen molar-refractivity contribution in [2.75, 3.05) is 33.4 Å². The molecule has 0 saturated carbocycles. The minimum atomic E-state index is -0.571. The van der Waals surface area contributed by atoms with Gasteiger partial charge in [-0.25, -0.2) is 9.78 Å². The van der Waals surface area contributed by atoms with Gasteiger partial charge in [0.1, 0.15) is 5.69 Å². The molecule has 0 aliphatic heterocycles. The van der Waals surface area contributed by atoms with Gasteiger partial charge < -0.3 is 20.1 Å². The van der Waals surface area contributed by atoms with Crippen LogP contribution < -0.4 is 10.6 Å². The molecule has 0 aromatic carbocycles. The van der Waals surface area contributed by atoms with Gasteiger partial charge in [-0.3, -0.25) is 9.59 Å². The van der Waals surface area contributed by atoms with Crippen molar-refractivity contribution in [1.82, 2.24) is 15.6 Å². The van der Waals surface area contributed by atoms with Gasteiger partial charge in [-0.05, 0) is 6.92 Å². The Bertz CT molecular complexity index is 503. The fourth-order valence-electron chi connectivity index (χ4n) is 1.27. The number of hydrogen-bond acceptors (Lipinski definition) is 7. The van der Waals surface area contributed by atoms with Gasteiger partial charge in [-0.2, -0.15) is 0 Å². The van der Waals surface area contributed by atoms with E-state index in [0.29, 0.717) is 13.2 Å². The van der Waals surface area contributed by atoms with Crippen LogP contribution in [0.5, 0.6) is 0 Å². The summed E-state index contributed by atoms with van der Waals surface area (Å²) in [6.45, 7) is 2.52. The molecule has 0 unspecified atom stereocenters. The fourth-order valence-corrected chi connectivity index (χ4v) is 1.96. The lowest BCUT2D eigenvalue weighted by Crippen LogP contribution is -2.38. The van der Waals surface area contributed by atoms with Crippen molar-refractivity contribution in [3.8, 4) is 0 Å². The summed E-state index contributed by atoms with van der Waals surface area (Å²) in [5, 5.41) is 6.51. The number of esters is 1. The van der Waals surface area contributed by atoms with Crippen molar-refractivity contribution in [2.24, 2.45) is 0 Å². The van der Waals surface area contributed by atoms with Crippen LogP contribution in [0.3, 0.4) is 0 Å². The fraction of sp³-hybridized carbons (Fsp3) is 0.500. The van der Waals surface area contributed by atoms with Crippen molar-refractivity contribution in [3.63, 3.8) is 0 Å². The molecule has 0 atom stereocenters. The van der Waals surface area contributed by atoms with E-state index in [1.165, 1.54) is 12.5 Å². The van der Waals surface area contributed by atoms with E-state index in [2.05, 4.69) is 15.6 Å². The summed E-state index contributed by atoms with van der Waals surface area (Å²) in [5.74, 6) is -1.43. The van der Waals surface area contributed by atoms with Gasteiger partial charge in [-0.15, -0.1) is 11.3 Å². The molecule has 116 valence electrons. The van der Waals surface area contributed by atoms with Crippen LogP contribution >= 0.6 is 11.3 Å². The number of rotatable bonds is 8. The molecule has 1 heterocycles. The van der Waals surface area contributed by atoms with Gasteiger partial charge in [0.25, 0.3) is 5.91 Å². The third-order valence-corrected chi connectivity index (χ3v) is 3.05. The first-order valence-electron chi connectivity index (χ1n) is 6.25. The Hall–Kier alpha value is -2.00. The van der Waals surface area contributed by atoms with Crippen molar-refractivity contribution in [1.29, 1.82) is 0 Å². The summed E-state index contributed by atoms with van der Waals surface area (Å²) in [6, 6.07) is 0. The second kappa shape index (κ2) is 9.03. The average molecular weight is 315 g/mol. The Morgan fingerprint density at radius 1 is 1.33 bits per heavy atom. The molecule has 2 N–H and O–H groups in total. The van der Waals surface area contributed by atoms with Crippen LogP contribution in [0.25, 0.3) is 0 Å². The second-order valence-electron chi connectivity index (χ2n) is 3.78. The maximum Gasteiger partial charge on any atom is 0.367 e. The lowest BCUT2D eigenvalue weighted by molar-refractivity contribution is -0.120. The third kappa shape index (κ3) is 5.88. The van der Waals surface area contributed by atoms with Gasteiger partial charge in [0.15, 0.2) is 0 Å². The van der Waals surface area contributed by atoms with E-state index in [-0.39, 0.29) is 29.8 Å². The molecule has 1 rings (SSSR count). The Labute approximate surface area is 125 Å². The molecule has 1 aromatic heterocycles. The summed E-state index contributed by atoms with van der Waals surface area (Å²) >= 11 is 1.01. The van der Waals surface area contributed by atoms with Crippen LogP contribution in [-0.4, -0.2) is 56.2 Å². The van der Waals surface area contributed by atoms with Crippen LogP contribution in [0.1, 0.15) is 27.2 Å². The van der Waals surface area contributed by atoms with Crippen LogP contribution in [0.4, 0.5) is 0 Å². The molecule has 0 fully saturated rings. The van der Waals surface area contributed by atoms with Crippen LogP contribution in [0.2, 0.25) is 0 Å². The molecule has 0 aliphatic rings. The number of thiazole rings is 1. The topological polar surface area (TPSA) is 107 Å². The maximum absolute atomic E-state index is 11.7. The van der Waals surface area contributed by atoms with Gasteiger partial charge in [-0.1, -0.05) is 0 Å². The summed E-state index contributed by atoms with van der Waals surface area (Å²) < 4.78 is 9.55. The van der Waals surface area contributed by atoms with Crippen LogP contribution in [0.15, 0.2) is 5.38 Å². The molecule has 0 bridgehead atoms. The van der Waals surface area contributed by atoms with E-state index in [1.807, 2.05) is 0 Å². The van der Waals surface area contributed by atoms with Crippen molar-refractivity contribution in [3.05, 3.63) is 16.1 Å². The molecule has 0 aliphatic carbocycles. The zero-order valence-corrected chi connectivity index (χ0v) is 12.6. The van der Waals surface area contributed by atoms with Crippen LogP contribution in [-0.2, 0) is 14.3 Å². The van der Waals surface area contributed by atoms with E-state index in [4.69, 9.17) is 9.47 Å². The van der Waals surface area contributed by atoms with Gasteiger partial charge >= 0.3 is 5.97 Å². The summed E-state index contributed by atoms with van der Waals surface area (Å²) in [4.78, 5) is 38.4. The minimum absolute atomic E-state index is 0.0766. The number of carbonyl (C=O) groups is 3. The van der Waals surface area contributed by atoms with Crippen molar-refractivity contribution >= 4 is 29.1 Å². The lowest BCUT2D eigenvalue weighted by atomic mass is 10.4. The number of aromatic nitrogens is 1. The highest BCUT2D eigenvalue weighted by Crippen LogP contribution is 2.10. The summed E-state index contributed by atoms with van der Waals surface area (Å²) in [7, 11) is 1.53. The highest BCUT2D eigenvalue weighted by Gasteiger charge is 2.16. The van der Waals surface area contributed by atoms with E-state index >= 15 is 0 Å². The number of nitrogens with zero attached hydrogens (tertiary/aromatic N) is 1. The first-order valence-corrected chi connectivity index (χ1v) is 7.13. The van der Waals surface area contributed by atoms with E-state index in [9.17, 15) is 14.4 Å². The molecule has 2 amide bonds. The molecule has 0 spiro atoms. The highest BCUT2D eigenvalue weighted by molar-refractivity contribution is 7.11. The Kier molecular flexibility index (Phi) is 7.33. The quantitative estimate of drug-likeness (QED) is 0.509. The SMILES string of the molecule is CCOC(=O)c1nc(C(=O)NCC(=O)NCCOC)cs1. The zero-order valence-electron chi connectivity index (χ0n) is 11.8. The monoisotopic (exact) mass is 315 g/mol. The first kappa shape index (κ1) is 17.1. The minimum Gasteiger partial charge on any atom is -0.461 e. The largest absolute Gasteiger partial charge is 0.461 e. The molecule has 9 heteroatoms. The molecular weight excluding hydrogens is 298 g/mol.